The molecule has 2 aromatic carbocycles. The van der Waals surface area contributed by atoms with Crippen LogP contribution in [-0.4, -0.2) is 18.2 Å². The van der Waals surface area contributed by atoms with Crippen molar-refractivity contribution in [3.05, 3.63) is 63.5 Å². The molecule has 23 heavy (non-hydrogen) atoms. The van der Waals surface area contributed by atoms with Crippen LogP contribution in [0, 0.1) is 0 Å². The standard InChI is InChI=1S/C17H13BrN2O2S/c1-22-14-9-5-2-6-11(14)10-15-16(21)20-17(23-15)19-13-8-4-3-7-12(13)18/h2-10H,1H3,(H,19,20,21)/b15-10+. The van der Waals surface area contributed by atoms with E-state index in [0.717, 1.165) is 21.5 Å². The first-order valence-electron chi connectivity index (χ1n) is 6.84. The number of amidine groups is 1. The van der Waals surface area contributed by atoms with Crippen molar-refractivity contribution in [1.82, 2.24) is 5.32 Å². The van der Waals surface area contributed by atoms with Crippen molar-refractivity contribution in [1.29, 1.82) is 0 Å². The van der Waals surface area contributed by atoms with E-state index in [0.29, 0.717) is 10.1 Å². The Balaban J connectivity index is 1.88. The number of aliphatic imine (C=N–C) groups is 1. The molecule has 1 saturated heterocycles. The van der Waals surface area contributed by atoms with Gasteiger partial charge in [0.25, 0.3) is 5.91 Å². The molecule has 4 nitrogen and oxygen atoms in total. The molecule has 3 rings (SSSR count). The Morgan fingerprint density at radius 2 is 1.91 bits per heavy atom. The maximum absolute atomic E-state index is 12.1. The van der Waals surface area contributed by atoms with Gasteiger partial charge in [0.2, 0.25) is 0 Å². The molecule has 0 unspecified atom stereocenters. The molecule has 1 fully saturated rings. The molecule has 2 aromatic rings. The van der Waals surface area contributed by atoms with Crippen molar-refractivity contribution < 1.29 is 9.53 Å². The van der Waals surface area contributed by atoms with Gasteiger partial charge in [-0.25, -0.2) is 4.99 Å². The normalized spacial score (nSPS) is 17.6. The number of para-hydroxylation sites is 2. The number of halogens is 1. The third-order valence-corrected chi connectivity index (χ3v) is 4.73. The highest BCUT2D eigenvalue weighted by atomic mass is 79.9. The number of nitrogens with zero attached hydrogens (tertiary/aromatic N) is 1. The minimum absolute atomic E-state index is 0.160. The number of hydrogen-bond donors (Lipinski definition) is 1. The van der Waals surface area contributed by atoms with Crippen LogP contribution >= 0.6 is 27.7 Å². The Morgan fingerprint density at radius 3 is 2.70 bits per heavy atom. The van der Waals surface area contributed by atoms with Crippen LogP contribution in [0.4, 0.5) is 5.69 Å². The van der Waals surface area contributed by atoms with Crippen LogP contribution in [0.15, 0.2) is 62.9 Å². The summed E-state index contributed by atoms with van der Waals surface area (Å²) in [5, 5.41) is 3.34. The number of nitrogens with one attached hydrogen (secondary N) is 1. The minimum atomic E-state index is -0.160. The zero-order valence-electron chi connectivity index (χ0n) is 12.2. The van der Waals surface area contributed by atoms with Crippen LogP contribution in [0.3, 0.4) is 0 Å². The predicted molar refractivity (Wildman–Crippen MR) is 97.9 cm³/mol. The number of rotatable bonds is 3. The van der Waals surface area contributed by atoms with Crippen molar-refractivity contribution in [2.75, 3.05) is 7.11 Å². The van der Waals surface area contributed by atoms with E-state index >= 15 is 0 Å². The van der Waals surface area contributed by atoms with Gasteiger partial charge < -0.3 is 10.1 Å². The molecule has 0 bridgehead atoms. The molecule has 0 spiro atoms. The average Bonchev–Trinajstić information content (AvgIpc) is 2.90. The number of carbonyl (C=O) groups excluding carboxylic acids is 1. The average molecular weight is 389 g/mol. The summed E-state index contributed by atoms with van der Waals surface area (Å²) in [4.78, 5) is 17.2. The molecule has 1 heterocycles. The SMILES string of the molecule is COc1ccccc1/C=C1/SC(=Nc2ccccc2Br)NC1=O. The topological polar surface area (TPSA) is 50.7 Å². The van der Waals surface area contributed by atoms with Crippen molar-refractivity contribution in [3.63, 3.8) is 0 Å². The molecule has 1 amide bonds. The Labute approximate surface area is 146 Å². The largest absolute Gasteiger partial charge is 0.496 e. The number of hydrogen-bond acceptors (Lipinski definition) is 4. The van der Waals surface area contributed by atoms with Gasteiger partial charge in [0, 0.05) is 10.0 Å². The number of methoxy groups -OCH3 is 1. The summed E-state index contributed by atoms with van der Waals surface area (Å²) in [5.74, 6) is 0.566. The lowest BCUT2D eigenvalue weighted by atomic mass is 10.2. The van der Waals surface area contributed by atoms with Gasteiger partial charge in [-0.1, -0.05) is 30.3 Å². The van der Waals surface area contributed by atoms with Crippen LogP contribution in [-0.2, 0) is 4.79 Å². The molecule has 0 radical (unpaired) electrons. The molecule has 1 N–H and O–H groups in total. The van der Waals surface area contributed by atoms with Gasteiger partial charge >= 0.3 is 0 Å². The van der Waals surface area contributed by atoms with Crippen LogP contribution in [0.25, 0.3) is 6.08 Å². The van der Waals surface area contributed by atoms with Gasteiger partial charge in [-0.3, -0.25) is 4.79 Å². The van der Waals surface area contributed by atoms with E-state index in [-0.39, 0.29) is 5.91 Å². The first-order chi connectivity index (χ1) is 11.2. The first-order valence-corrected chi connectivity index (χ1v) is 8.45. The highest BCUT2D eigenvalue weighted by Gasteiger charge is 2.24. The van der Waals surface area contributed by atoms with Gasteiger partial charge in [-0.05, 0) is 52.0 Å². The molecule has 116 valence electrons. The summed E-state index contributed by atoms with van der Waals surface area (Å²) in [6, 6.07) is 15.2. The van der Waals surface area contributed by atoms with Crippen molar-refractivity contribution in [2.45, 2.75) is 0 Å². The highest BCUT2D eigenvalue weighted by molar-refractivity contribution is 9.10. The zero-order valence-corrected chi connectivity index (χ0v) is 14.6. The molecule has 0 aromatic heterocycles. The van der Waals surface area contributed by atoms with E-state index in [4.69, 9.17) is 4.74 Å². The summed E-state index contributed by atoms with van der Waals surface area (Å²) in [5.41, 5.74) is 1.63. The molecule has 0 atom stereocenters. The van der Waals surface area contributed by atoms with Gasteiger partial charge in [0.15, 0.2) is 5.17 Å². The number of carbonyl (C=O) groups is 1. The Bertz CT molecular complexity index is 818. The fourth-order valence-corrected chi connectivity index (χ4v) is 3.26. The van der Waals surface area contributed by atoms with Crippen LogP contribution in [0.1, 0.15) is 5.56 Å². The number of thioether (sulfide) groups is 1. The molecule has 1 aliphatic rings. The smallest absolute Gasteiger partial charge is 0.264 e. The molecule has 6 heteroatoms. The number of amides is 1. The van der Waals surface area contributed by atoms with Crippen molar-refractivity contribution in [2.24, 2.45) is 4.99 Å². The lowest BCUT2D eigenvalue weighted by Crippen LogP contribution is -2.19. The second kappa shape index (κ2) is 7.02. The van der Waals surface area contributed by atoms with E-state index in [9.17, 15) is 4.79 Å². The van der Waals surface area contributed by atoms with E-state index < -0.39 is 0 Å². The third kappa shape index (κ3) is 3.65. The lowest BCUT2D eigenvalue weighted by Gasteiger charge is -2.03. The Kier molecular flexibility index (Phi) is 4.83. The predicted octanol–water partition coefficient (Wildman–Crippen LogP) is 4.35. The lowest BCUT2D eigenvalue weighted by molar-refractivity contribution is -0.115. The second-order valence-corrected chi connectivity index (χ2v) is 6.56. The zero-order chi connectivity index (χ0) is 16.2. The van der Waals surface area contributed by atoms with E-state index in [1.54, 1.807) is 13.2 Å². The minimum Gasteiger partial charge on any atom is -0.496 e. The van der Waals surface area contributed by atoms with Gasteiger partial charge in [0.05, 0.1) is 17.7 Å². The van der Waals surface area contributed by atoms with Gasteiger partial charge in [-0.2, -0.15) is 0 Å². The van der Waals surface area contributed by atoms with Crippen molar-refractivity contribution in [3.8, 4) is 5.75 Å². The van der Waals surface area contributed by atoms with Crippen LogP contribution in [0.2, 0.25) is 0 Å². The Morgan fingerprint density at radius 1 is 1.17 bits per heavy atom. The van der Waals surface area contributed by atoms with E-state index in [2.05, 4.69) is 26.2 Å². The third-order valence-electron chi connectivity index (χ3n) is 3.15. The quantitative estimate of drug-likeness (QED) is 0.795. The summed E-state index contributed by atoms with van der Waals surface area (Å²) >= 11 is 4.76. The molecular weight excluding hydrogens is 376 g/mol. The summed E-state index contributed by atoms with van der Waals surface area (Å²) < 4.78 is 6.19. The van der Waals surface area contributed by atoms with Gasteiger partial charge in [0.1, 0.15) is 5.75 Å². The molecule has 0 saturated carbocycles. The molecular formula is C17H13BrN2O2S. The summed E-state index contributed by atoms with van der Waals surface area (Å²) in [6.45, 7) is 0. The first kappa shape index (κ1) is 15.8. The fourth-order valence-electron chi connectivity index (χ4n) is 2.06. The highest BCUT2D eigenvalue weighted by Crippen LogP contribution is 2.32. The summed E-state index contributed by atoms with van der Waals surface area (Å²) in [6.07, 6.45) is 1.81. The van der Waals surface area contributed by atoms with Gasteiger partial charge in [-0.15, -0.1) is 0 Å². The van der Waals surface area contributed by atoms with E-state index in [1.165, 1.54) is 11.8 Å². The fraction of sp³-hybridized carbons (Fsp3) is 0.0588. The number of benzene rings is 2. The number of ether oxygens (including phenoxy) is 1. The molecule has 0 aliphatic carbocycles. The van der Waals surface area contributed by atoms with Crippen molar-refractivity contribution >= 4 is 50.5 Å². The molecule has 1 aliphatic heterocycles. The van der Waals surface area contributed by atoms with Crippen LogP contribution in [0.5, 0.6) is 5.75 Å². The summed E-state index contributed by atoms with van der Waals surface area (Å²) in [7, 11) is 1.61. The van der Waals surface area contributed by atoms with Crippen LogP contribution < -0.4 is 10.1 Å². The maximum atomic E-state index is 12.1. The Hall–Kier alpha value is -2.05. The van der Waals surface area contributed by atoms with E-state index in [1.807, 2.05) is 48.5 Å². The maximum Gasteiger partial charge on any atom is 0.264 e. The second-order valence-electron chi connectivity index (χ2n) is 4.68. The monoisotopic (exact) mass is 388 g/mol.